The van der Waals surface area contributed by atoms with E-state index in [-0.39, 0.29) is 83.2 Å². The number of nitrogens with zero attached hydrogens (tertiary/aromatic N) is 3. The van der Waals surface area contributed by atoms with Gasteiger partial charge in [-0.05, 0) is 23.8 Å². The Kier molecular flexibility index (Phi) is 8.24. The van der Waals surface area contributed by atoms with E-state index in [1.54, 1.807) is 11.3 Å². The van der Waals surface area contributed by atoms with Crippen LogP contribution >= 0.6 is 11.3 Å². The molecule has 0 spiro atoms. The van der Waals surface area contributed by atoms with Crippen molar-refractivity contribution < 1.29 is 4.42 Å². The summed E-state index contributed by atoms with van der Waals surface area (Å²) in [5.74, 6) is 0.163. The summed E-state index contributed by atoms with van der Waals surface area (Å²) in [4.78, 5) is 14.4. The molecule has 6 aromatic carbocycles. The fraction of sp³-hybridized carbons (Fsp3) is 0. The van der Waals surface area contributed by atoms with Gasteiger partial charge in [-0.25, -0.2) is 15.0 Å². The van der Waals surface area contributed by atoms with Gasteiger partial charge < -0.3 is 4.42 Å². The summed E-state index contributed by atoms with van der Waals surface area (Å²) in [6, 6.07) is 26.5. The highest BCUT2D eigenvalue weighted by Crippen LogP contribution is 2.45. The number of para-hydroxylation sites is 1. The van der Waals surface area contributed by atoms with Gasteiger partial charge in [0, 0.05) is 47.6 Å². The minimum atomic E-state index is 0.00131. The van der Waals surface area contributed by atoms with Crippen molar-refractivity contribution in [3.8, 4) is 45.3 Å². The van der Waals surface area contributed by atoms with Gasteiger partial charge in [-0.1, -0.05) is 82.5 Å². The van der Waals surface area contributed by atoms with Crippen molar-refractivity contribution in [3.63, 3.8) is 0 Å². The first-order valence-corrected chi connectivity index (χ1v) is 17.4. The van der Waals surface area contributed by atoms with E-state index >= 15 is 0 Å². The Bertz CT molecular complexity index is 2940. The van der Waals surface area contributed by atoms with Gasteiger partial charge in [0.15, 0.2) is 17.5 Å². The first kappa shape index (κ1) is 34.7. The molecule has 0 bridgehead atoms. The topological polar surface area (TPSA) is 51.8 Å². The molecule has 15 heteroatoms. The maximum Gasteiger partial charge on any atom is 0.167 e. The van der Waals surface area contributed by atoms with Crippen molar-refractivity contribution in [2.75, 3.05) is 0 Å². The van der Waals surface area contributed by atoms with Gasteiger partial charge >= 0.3 is 0 Å². The first-order valence-electron chi connectivity index (χ1n) is 16.6. The molecule has 9 rings (SSSR count). The lowest BCUT2D eigenvalue weighted by atomic mass is 9.60. The first-order chi connectivity index (χ1) is 26.0. The van der Waals surface area contributed by atoms with Crippen LogP contribution in [0.1, 0.15) is 0 Å². The second kappa shape index (κ2) is 12.8. The molecule has 0 N–H and O–H groups in total. The Labute approximate surface area is 328 Å². The van der Waals surface area contributed by atoms with E-state index in [9.17, 15) is 0 Å². The van der Waals surface area contributed by atoms with Crippen molar-refractivity contribution in [3.05, 3.63) is 78.9 Å². The lowest BCUT2D eigenvalue weighted by molar-refractivity contribution is 0.669. The molecule has 0 atom stereocenters. The number of furan rings is 1. The van der Waals surface area contributed by atoms with Crippen LogP contribution in [0.5, 0.6) is 0 Å². The highest BCUT2D eigenvalue weighted by molar-refractivity contribution is 7.26. The molecule has 226 valence electrons. The number of hydrogen-bond donors (Lipinski definition) is 0. The van der Waals surface area contributed by atoms with Gasteiger partial charge in [-0.15, -0.1) is 44.1 Å². The second-order valence-corrected chi connectivity index (χ2v) is 14.0. The van der Waals surface area contributed by atoms with E-state index in [4.69, 9.17) is 97.8 Å². The number of thiophene rings is 1. The fourth-order valence-electron chi connectivity index (χ4n) is 7.11. The van der Waals surface area contributed by atoms with E-state index in [0.29, 0.717) is 16.7 Å². The predicted octanol–water partition coefficient (Wildman–Crippen LogP) is -1.26. The summed E-state index contributed by atoms with van der Waals surface area (Å²) in [7, 11) is 63.3. The largest absolute Gasteiger partial charge is 0.455 e. The van der Waals surface area contributed by atoms with Crippen molar-refractivity contribution in [2.45, 2.75) is 0 Å². The van der Waals surface area contributed by atoms with Crippen LogP contribution < -0.4 is 54.6 Å². The van der Waals surface area contributed by atoms with E-state index in [1.165, 1.54) is 20.2 Å². The molecular weight excluding hydrogens is 667 g/mol. The lowest BCUT2D eigenvalue weighted by Crippen LogP contribution is -2.55. The standard InChI is InChI=1S/C39H13B10N3OS/c40-25-23(26(41)30(45)33(48)29(25)44)38-50-37(51-39(52-38)24-27(42)31(46)34(49)32(47)28(24)43)19-11-4-10-18-22-15(7-5-12-20(22)53-35(18)19)17-9-3-8-16-14-6-1-2-13-21(14)54-36(16)17/h1-13H. The van der Waals surface area contributed by atoms with Gasteiger partial charge in [0.1, 0.15) is 89.6 Å². The van der Waals surface area contributed by atoms with Crippen LogP contribution in [0, 0.1) is 0 Å². The van der Waals surface area contributed by atoms with E-state index < -0.39 is 0 Å². The summed E-state index contributed by atoms with van der Waals surface area (Å²) in [6.07, 6.45) is 0. The molecule has 0 fully saturated rings. The van der Waals surface area contributed by atoms with Crippen LogP contribution in [0.2, 0.25) is 0 Å². The molecule has 54 heavy (non-hydrogen) atoms. The molecule has 0 aliphatic carbocycles. The summed E-state index contributed by atoms with van der Waals surface area (Å²) in [6.45, 7) is 0. The molecule has 3 heterocycles. The van der Waals surface area contributed by atoms with Gasteiger partial charge in [0.05, 0.1) is 5.56 Å². The zero-order chi connectivity index (χ0) is 37.7. The van der Waals surface area contributed by atoms with Crippen LogP contribution in [-0.4, -0.2) is 93.4 Å². The van der Waals surface area contributed by atoms with E-state index in [1.807, 2.05) is 30.3 Å². The average Bonchev–Trinajstić information content (AvgIpc) is 3.77. The summed E-state index contributed by atoms with van der Waals surface area (Å²) < 4.78 is 9.05. The number of fused-ring (bicyclic) bond motifs is 6. The summed E-state index contributed by atoms with van der Waals surface area (Å²) in [5, 5.41) is 4.16. The Morgan fingerprint density at radius 1 is 0.407 bits per heavy atom. The zero-order valence-corrected chi connectivity index (χ0v) is 29.3. The third kappa shape index (κ3) is 5.07. The van der Waals surface area contributed by atoms with Crippen LogP contribution in [-0.2, 0) is 0 Å². The molecule has 0 unspecified atom stereocenters. The van der Waals surface area contributed by atoms with Crippen molar-refractivity contribution >= 4 is 187 Å². The Morgan fingerprint density at radius 2 is 0.870 bits per heavy atom. The molecule has 0 aliphatic rings. The predicted molar refractivity (Wildman–Crippen MR) is 236 cm³/mol. The zero-order valence-electron chi connectivity index (χ0n) is 28.4. The van der Waals surface area contributed by atoms with Crippen LogP contribution in [0.3, 0.4) is 0 Å². The molecule has 0 saturated carbocycles. The molecule has 4 nitrogen and oxygen atoms in total. The Hall–Kier alpha value is -5.00. The van der Waals surface area contributed by atoms with Gasteiger partial charge in [0.2, 0.25) is 0 Å². The third-order valence-electron chi connectivity index (χ3n) is 9.94. The van der Waals surface area contributed by atoms with Crippen molar-refractivity contribution in [1.82, 2.24) is 15.0 Å². The fourth-order valence-corrected chi connectivity index (χ4v) is 8.34. The van der Waals surface area contributed by atoms with Crippen molar-refractivity contribution in [2.24, 2.45) is 0 Å². The van der Waals surface area contributed by atoms with Gasteiger partial charge in [-0.3, -0.25) is 0 Å². The summed E-state index contributed by atoms with van der Waals surface area (Å²) in [5.41, 5.74) is 4.25. The molecular formula is C39H13B10N3OS. The number of rotatable bonds is 4. The molecule has 20 radical (unpaired) electrons. The molecule has 3 aromatic heterocycles. The maximum absolute atomic E-state index is 6.66. The minimum absolute atomic E-state index is 0.00131. The maximum atomic E-state index is 6.66. The molecule has 0 amide bonds. The Balaban J connectivity index is 1.34. The highest BCUT2D eigenvalue weighted by atomic mass is 32.1. The smallest absolute Gasteiger partial charge is 0.167 e. The molecule has 0 saturated heterocycles. The van der Waals surface area contributed by atoms with Crippen LogP contribution in [0.25, 0.3) is 87.4 Å². The third-order valence-corrected chi connectivity index (χ3v) is 11.2. The SMILES string of the molecule is [B]c1c([B])c([B])c(-c2nc(-c3c([B])c([B])c([B])c([B])c3[B])nc(-c3cccc4c3oc3cccc(-c5cccc6c5sc5ccccc56)c34)n2)c([B])c1[B]. The summed E-state index contributed by atoms with van der Waals surface area (Å²) >= 11 is 1.76. The number of benzene rings is 6. The average molecular weight is 680 g/mol. The normalized spacial score (nSPS) is 11.7. The van der Waals surface area contributed by atoms with Gasteiger partial charge in [0.25, 0.3) is 0 Å². The van der Waals surface area contributed by atoms with Crippen LogP contribution in [0.4, 0.5) is 0 Å². The van der Waals surface area contributed by atoms with Crippen LogP contribution in [0.15, 0.2) is 83.3 Å². The second-order valence-electron chi connectivity index (χ2n) is 12.9. The van der Waals surface area contributed by atoms with Gasteiger partial charge in [-0.2, -0.15) is 0 Å². The number of hydrogen-bond acceptors (Lipinski definition) is 5. The number of aromatic nitrogens is 3. The highest BCUT2D eigenvalue weighted by Gasteiger charge is 2.24. The molecule has 9 aromatic rings. The Morgan fingerprint density at radius 3 is 1.48 bits per heavy atom. The lowest BCUT2D eigenvalue weighted by Gasteiger charge is -2.22. The van der Waals surface area contributed by atoms with E-state index in [2.05, 4.69) is 48.5 Å². The minimum Gasteiger partial charge on any atom is -0.455 e. The monoisotopic (exact) mass is 681 g/mol. The van der Waals surface area contributed by atoms with E-state index in [0.717, 1.165) is 21.9 Å². The quantitative estimate of drug-likeness (QED) is 0.219. The molecule has 0 aliphatic heterocycles. The van der Waals surface area contributed by atoms with Crippen molar-refractivity contribution in [1.29, 1.82) is 0 Å².